The third-order valence-electron chi connectivity index (χ3n) is 4.11. The Morgan fingerprint density at radius 3 is 2.69 bits per heavy atom. The van der Waals surface area contributed by atoms with Crippen LogP contribution in [0.4, 0.5) is 17.3 Å². The summed E-state index contributed by atoms with van der Waals surface area (Å²) in [4.78, 5) is 20.9. The van der Waals surface area contributed by atoms with E-state index in [0.717, 1.165) is 5.56 Å². The average Bonchev–Trinajstić information content (AvgIpc) is 3.21. The number of amides is 1. The van der Waals surface area contributed by atoms with Crippen molar-refractivity contribution in [2.75, 3.05) is 10.6 Å². The van der Waals surface area contributed by atoms with Crippen LogP contribution in [0.2, 0.25) is 0 Å². The topological polar surface area (TPSA) is 100 Å². The van der Waals surface area contributed by atoms with E-state index in [1.807, 2.05) is 30.3 Å². The van der Waals surface area contributed by atoms with Crippen LogP contribution in [0.5, 0.6) is 5.75 Å². The van der Waals surface area contributed by atoms with Crippen LogP contribution in [0.1, 0.15) is 5.76 Å². The Kier molecular flexibility index (Phi) is 5.20. The van der Waals surface area contributed by atoms with Crippen molar-refractivity contribution in [3.63, 3.8) is 0 Å². The summed E-state index contributed by atoms with van der Waals surface area (Å²) < 4.78 is 5.20. The number of nitrogens with zero attached hydrogens (tertiary/aromatic N) is 2. The lowest BCUT2D eigenvalue weighted by Crippen LogP contribution is -2.13. The number of rotatable bonds is 6. The number of benzene rings is 2. The van der Waals surface area contributed by atoms with E-state index in [1.54, 1.807) is 48.9 Å². The summed E-state index contributed by atoms with van der Waals surface area (Å²) in [5.41, 5.74) is 2.88. The van der Waals surface area contributed by atoms with Crippen molar-refractivity contribution in [2.24, 2.45) is 0 Å². The van der Waals surface area contributed by atoms with E-state index in [9.17, 15) is 9.90 Å². The molecular weight excluding hydrogens is 368 g/mol. The van der Waals surface area contributed by atoms with Crippen molar-refractivity contribution in [1.29, 1.82) is 0 Å². The third-order valence-corrected chi connectivity index (χ3v) is 4.11. The van der Waals surface area contributed by atoms with Gasteiger partial charge in [0.05, 0.1) is 18.4 Å². The van der Waals surface area contributed by atoms with Gasteiger partial charge in [-0.15, -0.1) is 0 Å². The van der Waals surface area contributed by atoms with E-state index in [0.29, 0.717) is 28.8 Å². The largest absolute Gasteiger partial charge is 0.508 e. The Balaban J connectivity index is 1.49. The molecular formula is C22H18N4O3. The highest BCUT2D eigenvalue weighted by atomic mass is 16.3. The summed E-state index contributed by atoms with van der Waals surface area (Å²) in [6.45, 7) is 0. The van der Waals surface area contributed by atoms with Gasteiger partial charge < -0.3 is 20.2 Å². The van der Waals surface area contributed by atoms with Gasteiger partial charge in [0.1, 0.15) is 11.5 Å². The molecule has 0 saturated heterocycles. The third kappa shape index (κ3) is 4.78. The van der Waals surface area contributed by atoms with Crippen LogP contribution in [0.15, 0.2) is 83.6 Å². The van der Waals surface area contributed by atoms with Gasteiger partial charge in [0.2, 0.25) is 11.9 Å². The minimum atomic E-state index is -0.161. The van der Waals surface area contributed by atoms with Crippen LogP contribution < -0.4 is 10.6 Å². The van der Waals surface area contributed by atoms with Crippen LogP contribution in [0.3, 0.4) is 0 Å². The first kappa shape index (κ1) is 18.2. The van der Waals surface area contributed by atoms with Gasteiger partial charge in [-0.2, -0.15) is 0 Å². The van der Waals surface area contributed by atoms with Gasteiger partial charge in [-0.05, 0) is 42.5 Å². The van der Waals surface area contributed by atoms with E-state index in [-0.39, 0.29) is 18.1 Å². The van der Waals surface area contributed by atoms with Gasteiger partial charge in [-0.3, -0.25) is 4.79 Å². The van der Waals surface area contributed by atoms with E-state index < -0.39 is 0 Å². The van der Waals surface area contributed by atoms with Gasteiger partial charge in [-0.1, -0.05) is 18.2 Å². The van der Waals surface area contributed by atoms with Crippen molar-refractivity contribution in [3.8, 4) is 17.0 Å². The molecule has 0 unspecified atom stereocenters. The minimum absolute atomic E-state index is 0.157. The number of aromatic nitrogens is 2. The van der Waals surface area contributed by atoms with Gasteiger partial charge in [0, 0.05) is 29.2 Å². The van der Waals surface area contributed by atoms with Crippen molar-refractivity contribution < 1.29 is 14.3 Å². The Hall–Kier alpha value is -4.13. The van der Waals surface area contributed by atoms with Crippen molar-refractivity contribution >= 4 is 23.2 Å². The lowest BCUT2D eigenvalue weighted by Gasteiger charge is -2.09. The molecule has 2 aromatic heterocycles. The Morgan fingerprint density at radius 2 is 1.86 bits per heavy atom. The molecule has 4 aromatic rings. The quantitative estimate of drug-likeness (QED) is 0.455. The van der Waals surface area contributed by atoms with Crippen LogP contribution in [0, 0.1) is 0 Å². The predicted molar refractivity (Wildman–Crippen MR) is 110 cm³/mol. The fourth-order valence-corrected chi connectivity index (χ4v) is 2.83. The SMILES string of the molecule is O=C(Cc1ccco1)Nc1cccc(-c2ccnc(Nc3cccc(O)c3)n2)c1. The maximum atomic E-state index is 12.2. The zero-order chi connectivity index (χ0) is 20.1. The molecule has 29 heavy (non-hydrogen) atoms. The highest BCUT2D eigenvalue weighted by Crippen LogP contribution is 2.23. The summed E-state index contributed by atoms with van der Waals surface area (Å²) >= 11 is 0. The number of hydrogen-bond acceptors (Lipinski definition) is 6. The Labute approximate surface area is 167 Å². The molecule has 0 saturated carbocycles. The number of nitrogens with one attached hydrogen (secondary N) is 2. The number of carbonyl (C=O) groups excluding carboxylic acids is 1. The molecule has 144 valence electrons. The molecule has 0 radical (unpaired) electrons. The molecule has 0 aliphatic carbocycles. The number of phenols is 1. The highest BCUT2D eigenvalue weighted by Gasteiger charge is 2.08. The van der Waals surface area contributed by atoms with E-state index in [2.05, 4.69) is 20.6 Å². The minimum Gasteiger partial charge on any atom is -0.508 e. The monoisotopic (exact) mass is 386 g/mol. The molecule has 0 aliphatic rings. The summed E-state index contributed by atoms with van der Waals surface area (Å²) in [6.07, 6.45) is 3.36. The number of hydrogen-bond donors (Lipinski definition) is 3. The zero-order valence-corrected chi connectivity index (χ0v) is 15.4. The molecule has 4 rings (SSSR count). The maximum Gasteiger partial charge on any atom is 0.231 e. The zero-order valence-electron chi connectivity index (χ0n) is 15.4. The summed E-state index contributed by atoms with van der Waals surface area (Å²) in [5, 5.41) is 15.5. The van der Waals surface area contributed by atoms with Crippen LogP contribution in [0.25, 0.3) is 11.3 Å². The first-order valence-electron chi connectivity index (χ1n) is 8.97. The number of carbonyl (C=O) groups is 1. The maximum absolute atomic E-state index is 12.2. The van der Waals surface area contributed by atoms with Gasteiger partial charge in [-0.25, -0.2) is 9.97 Å². The first-order chi connectivity index (χ1) is 14.2. The second-order valence-electron chi connectivity index (χ2n) is 6.33. The molecule has 2 heterocycles. The summed E-state index contributed by atoms with van der Waals surface area (Å²) in [5.74, 6) is 1.01. The standard InChI is InChI=1S/C22H18N4O3/c27-18-7-2-6-17(13-18)25-22-23-10-9-20(26-22)15-4-1-5-16(12-15)24-21(28)14-19-8-3-11-29-19/h1-13,27H,14H2,(H,24,28)(H,23,25,26). The predicted octanol–water partition coefficient (Wildman–Crippen LogP) is 4.37. The molecule has 1 amide bonds. The summed E-state index contributed by atoms with van der Waals surface area (Å²) in [6, 6.07) is 19.4. The van der Waals surface area contributed by atoms with Gasteiger partial charge in [0.25, 0.3) is 0 Å². The number of aromatic hydroxyl groups is 1. The number of furan rings is 1. The van der Waals surface area contributed by atoms with Gasteiger partial charge >= 0.3 is 0 Å². The van der Waals surface area contributed by atoms with Crippen LogP contribution in [-0.4, -0.2) is 21.0 Å². The van der Waals surface area contributed by atoms with E-state index in [4.69, 9.17) is 4.42 Å². The second-order valence-corrected chi connectivity index (χ2v) is 6.33. The molecule has 0 atom stereocenters. The summed E-state index contributed by atoms with van der Waals surface area (Å²) in [7, 11) is 0. The van der Waals surface area contributed by atoms with Crippen molar-refractivity contribution in [2.45, 2.75) is 6.42 Å². The smallest absolute Gasteiger partial charge is 0.231 e. The lowest BCUT2D eigenvalue weighted by atomic mass is 10.1. The molecule has 0 aliphatic heterocycles. The fourth-order valence-electron chi connectivity index (χ4n) is 2.83. The van der Waals surface area contributed by atoms with E-state index >= 15 is 0 Å². The molecule has 7 nitrogen and oxygen atoms in total. The van der Waals surface area contributed by atoms with Crippen LogP contribution >= 0.6 is 0 Å². The molecule has 0 fully saturated rings. The molecule has 3 N–H and O–H groups in total. The lowest BCUT2D eigenvalue weighted by molar-refractivity contribution is -0.115. The average molecular weight is 386 g/mol. The Morgan fingerprint density at radius 1 is 1.00 bits per heavy atom. The molecule has 2 aromatic carbocycles. The van der Waals surface area contributed by atoms with Crippen LogP contribution in [-0.2, 0) is 11.2 Å². The van der Waals surface area contributed by atoms with E-state index in [1.165, 1.54) is 0 Å². The van der Waals surface area contributed by atoms with Crippen molar-refractivity contribution in [1.82, 2.24) is 9.97 Å². The van der Waals surface area contributed by atoms with Gasteiger partial charge in [0.15, 0.2) is 0 Å². The van der Waals surface area contributed by atoms with Crippen molar-refractivity contribution in [3.05, 3.63) is 85.0 Å². The fraction of sp³-hybridized carbons (Fsp3) is 0.0455. The Bertz CT molecular complexity index is 1130. The first-order valence-corrected chi connectivity index (χ1v) is 8.97. The molecule has 7 heteroatoms. The molecule has 0 bridgehead atoms. The number of anilines is 3. The number of phenolic OH excluding ortho intramolecular Hbond substituents is 1. The highest BCUT2D eigenvalue weighted by molar-refractivity contribution is 5.92. The normalized spacial score (nSPS) is 10.5. The second kappa shape index (κ2) is 8.26. The molecule has 0 spiro atoms.